The van der Waals surface area contributed by atoms with Crippen LogP contribution in [0, 0.1) is 0 Å². The average molecular weight is 467 g/mol. The first kappa shape index (κ1) is 23.8. The Morgan fingerprint density at radius 2 is 0.522 bits per heavy atom. The summed E-state index contributed by atoms with van der Waals surface area (Å²) in [5, 5.41) is 0. The predicted molar refractivity (Wildman–Crippen MR) is 130 cm³/mol. The van der Waals surface area contributed by atoms with Crippen LogP contribution < -0.4 is 0 Å². The van der Waals surface area contributed by atoms with E-state index in [1.165, 1.54) is 95.0 Å². The fraction of sp³-hybridized carbons (Fsp3) is 1.00. The lowest BCUT2D eigenvalue weighted by Gasteiger charge is -2.03. The maximum atomic E-state index is 2.03. The fourth-order valence-corrected chi connectivity index (χ4v) is 19.7. The Hall–Kier alpha value is 2.80. The van der Waals surface area contributed by atoms with E-state index in [0.717, 1.165) is 0 Å². The van der Waals surface area contributed by atoms with Crippen molar-refractivity contribution in [1.29, 1.82) is 0 Å². The van der Waals surface area contributed by atoms with Crippen molar-refractivity contribution >= 4 is 80.5 Å². The Bertz CT molecular complexity index is 125. The normalized spacial score (nSPS) is 24.0. The van der Waals surface area contributed by atoms with Crippen molar-refractivity contribution in [2.45, 2.75) is 83.5 Å². The van der Waals surface area contributed by atoms with Crippen LogP contribution in [-0.2, 0) is 0 Å². The number of hydrogen-bond donors (Lipinski definition) is 0. The zero-order valence-corrected chi connectivity index (χ0v) is 20.4. The van der Waals surface area contributed by atoms with Gasteiger partial charge in [0.05, 0.1) is 0 Å². The summed E-state index contributed by atoms with van der Waals surface area (Å²) < 4.78 is 0. The molecule has 0 nitrogen and oxygen atoms in total. The standard InChI is InChI=1S/C15H30S8/c1-2-4-6-8-10-12-14-16-18-20-22-23-21-19-17-15-13-11-9-7-5-3-1/h1-15H2. The summed E-state index contributed by atoms with van der Waals surface area (Å²) in [5.74, 6) is 2.64. The van der Waals surface area contributed by atoms with Crippen LogP contribution in [0.25, 0.3) is 0 Å². The molecule has 0 unspecified atom stereocenters. The molecule has 1 aliphatic rings. The van der Waals surface area contributed by atoms with E-state index in [-0.39, 0.29) is 0 Å². The minimum absolute atomic E-state index is 1.32. The maximum Gasteiger partial charge on any atom is 0.00454 e. The summed E-state index contributed by atoms with van der Waals surface area (Å²) in [6, 6.07) is 0. The Labute approximate surface area is 174 Å². The van der Waals surface area contributed by atoms with Gasteiger partial charge in [0.25, 0.3) is 0 Å². The molecule has 1 saturated heterocycles. The minimum atomic E-state index is 1.32. The van der Waals surface area contributed by atoms with Crippen LogP contribution in [-0.4, -0.2) is 11.5 Å². The van der Waals surface area contributed by atoms with Gasteiger partial charge in [0.2, 0.25) is 0 Å². The predicted octanol–water partition coefficient (Wildman–Crippen LogP) is 10.3. The molecule has 23 heavy (non-hydrogen) atoms. The summed E-state index contributed by atoms with van der Waals surface area (Å²) in [5.41, 5.74) is 0. The molecule has 138 valence electrons. The molecule has 0 atom stereocenters. The van der Waals surface area contributed by atoms with Gasteiger partial charge >= 0.3 is 0 Å². The van der Waals surface area contributed by atoms with Crippen molar-refractivity contribution in [2.24, 2.45) is 0 Å². The van der Waals surface area contributed by atoms with Crippen LogP contribution in [0.2, 0.25) is 0 Å². The van der Waals surface area contributed by atoms with Crippen LogP contribution in [0.1, 0.15) is 83.5 Å². The number of hydrogen-bond acceptors (Lipinski definition) is 8. The lowest BCUT2D eigenvalue weighted by atomic mass is 10.0. The highest BCUT2D eigenvalue weighted by Crippen LogP contribution is 2.57. The molecule has 0 aromatic carbocycles. The van der Waals surface area contributed by atoms with Gasteiger partial charge < -0.3 is 0 Å². The lowest BCUT2D eigenvalue weighted by Crippen LogP contribution is -1.84. The van der Waals surface area contributed by atoms with E-state index >= 15 is 0 Å². The topological polar surface area (TPSA) is 0 Å². The van der Waals surface area contributed by atoms with Gasteiger partial charge in [0.15, 0.2) is 0 Å². The van der Waals surface area contributed by atoms with Crippen molar-refractivity contribution in [3.8, 4) is 0 Å². The Balaban J connectivity index is 2.00. The van der Waals surface area contributed by atoms with E-state index in [1.807, 2.05) is 80.5 Å². The van der Waals surface area contributed by atoms with Crippen molar-refractivity contribution in [3.05, 3.63) is 0 Å². The quantitative estimate of drug-likeness (QED) is 0.319. The van der Waals surface area contributed by atoms with E-state index in [1.54, 1.807) is 0 Å². The molecule has 0 aromatic heterocycles. The Morgan fingerprint density at radius 3 is 0.870 bits per heavy atom. The highest BCUT2D eigenvalue weighted by atomic mass is 34.0. The minimum Gasteiger partial charge on any atom is -0.0817 e. The van der Waals surface area contributed by atoms with Gasteiger partial charge in [-0.2, -0.15) is 0 Å². The second-order valence-electron chi connectivity index (χ2n) is 5.65. The van der Waals surface area contributed by atoms with Crippen LogP contribution in [0.4, 0.5) is 0 Å². The van der Waals surface area contributed by atoms with Gasteiger partial charge in [-0.15, -0.1) is 0 Å². The molecule has 0 aliphatic carbocycles. The first-order valence-corrected chi connectivity index (χ1v) is 19.2. The van der Waals surface area contributed by atoms with Crippen LogP contribution in [0.3, 0.4) is 0 Å². The van der Waals surface area contributed by atoms with E-state index in [0.29, 0.717) is 0 Å². The second-order valence-corrected chi connectivity index (χ2v) is 19.0. The fourth-order valence-electron chi connectivity index (χ4n) is 2.42. The molecule has 0 saturated carbocycles. The van der Waals surface area contributed by atoms with Gasteiger partial charge in [-0.3, -0.25) is 0 Å². The molecule has 0 aromatic rings. The lowest BCUT2D eigenvalue weighted by molar-refractivity contribution is 0.543. The van der Waals surface area contributed by atoms with Crippen molar-refractivity contribution in [1.82, 2.24) is 0 Å². The Kier molecular flexibility index (Phi) is 21.9. The zero-order chi connectivity index (χ0) is 16.3. The SMILES string of the molecule is C1CCCCCCCSSSSSSSSCCCCCCC1. The number of rotatable bonds is 0. The van der Waals surface area contributed by atoms with E-state index in [2.05, 4.69) is 0 Å². The molecule has 0 spiro atoms. The van der Waals surface area contributed by atoms with Crippen molar-refractivity contribution < 1.29 is 0 Å². The molecular formula is C15H30S8. The summed E-state index contributed by atoms with van der Waals surface area (Å²) in [6.45, 7) is 0. The third-order valence-corrected chi connectivity index (χ3v) is 19.2. The highest BCUT2D eigenvalue weighted by molar-refractivity contribution is 9.48. The average Bonchev–Trinajstić information content (AvgIpc) is 2.56. The molecule has 0 amide bonds. The maximum absolute atomic E-state index is 2.03. The third kappa shape index (κ3) is 19.4. The van der Waals surface area contributed by atoms with Crippen LogP contribution in [0.15, 0.2) is 0 Å². The monoisotopic (exact) mass is 466 g/mol. The van der Waals surface area contributed by atoms with E-state index in [9.17, 15) is 0 Å². The summed E-state index contributed by atoms with van der Waals surface area (Å²) >= 11 is 0. The summed E-state index contributed by atoms with van der Waals surface area (Å²) in [4.78, 5) is 0. The van der Waals surface area contributed by atoms with Crippen LogP contribution in [0.5, 0.6) is 0 Å². The molecule has 1 heterocycles. The van der Waals surface area contributed by atoms with Gasteiger partial charge in [-0.1, -0.05) is 92.2 Å². The van der Waals surface area contributed by atoms with Gasteiger partial charge in [-0.25, -0.2) is 0 Å². The molecule has 0 N–H and O–H groups in total. The second kappa shape index (κ2) is 21.1. The largest absolute Gasteiger partial charge is 0.0817 e. The first-order valence-electron chi connectivity index (χ1n) is 8.74. The Morgan fingerprint density at radius 1 is 0.261 bits per heavy atom. The molecule has 1 fully saturated rings. The van der Waals surface area contributed by atoms with Gasteiger partial charge in [-0.05, 0) is 71.8 Å². The molecule has 0 bridgehead atoms. The molecule has 8 heteroatoms. The van der Waals surface area contributed by atoms with Crippen LogP contribution >= 0.6 is 80.5 Å². The highest BCUT2D eigenvalue weighted by Gasteiger charge is 1.99. The van der Waals surface area contributed by atoms with Gasteiger partial charge in [0, 0.05) is 11.5 Å². The molecule has 0 radical (unpaired) electrons. The molecular weight excluding hydrogens is 437 g/mol. The molecule has 1 aliphatic heterocycles. The summed E-state index contributed by atoms with van der Waals surface area (Å²) in [7, 11) is 15.7. The molecule has 1 rings (SSSR count). The first-order chi connectivity index (χ1) is 11.5. The van der Waals surface area contributed by atoms with Crippen molar-refractivity contribution in [3.63, 3.8) is 0 Å². The van der Waals surface area contributed by atoms with E-state index in [4.69, 9.17) is 0 Å². The third-order valence-electron chi connectivity index (χ3n) is 3.69. The smallest absolute Gasteiger partial charge is 0.00454 e. The van der Waals surface area contributed by atoms with Crippen molar-refractivity contribution in [2.75, 3.05) is 11.5 Å². The zero-order valence-electron chi connectivity index (χ0n) is 13.9. The summed E-state index contributed by atoms with van der Waals surface area (Å²) in [6.07, 6.45) is 18.9. The van der Waals surface area contributed by atoms with E-state index < -0.39 is 0 Å². The van der Waals surface area contributed by atoms with Gasteiger partial charge in [0.1, 0.15) is 0 Å².